The van der Waals surface area contributed by atoms with Gasteiger partial charge < -0.3 is 10.2 Å². The molecule has 1 aromatic rings. The topological polar surface area (TPSA) is 35.6 Å². The van der Waals surface area contributed by atoms with Crippen LogP contribution < -0.4 is 5.32 Å². The Labute approximate surface area is 180 Å². The highest BCUT2D eigenvalue weighted by Crippen LogP contribution is 2.38. The molecule has 1 saturated carbocycles. The van der Waals surface area contributed by atoms with Crippen LogP contribution in [0.25, 0.3) is 0 Å². The van der Waals surface area contributed by atoms with Crippen LogP contribution in [0.1, 0.15) is 63.1 Å². The maximum Gasteiger partial charge on any atom is 0.231 e. The summed E-state index contributed by atoms with van der Waals surface area (Å²) in [4.78, 5) is 18.2. The standard InChI is InChI=1S/C24H35N3OS/c1-5-27(18-11-12-18)23-26(14-15-29-23)16-24(3,4)22(28)25-21-13-10-17(2)19-8-6-7-9-20(19)21/h10,13-15,18,23H,5-9,11-12,16H2,1-4H3,(H,25,28). The molecule has 3 aliphatic rings. The minimum absolute atomic E-state index is 0.118. The smallest absolute Gasteiger partial charge is 0.231 e. The van der Waals surface area contributed by atoms with Crippen molar-refractivity contribution in [3.05, 3.63) is 40.4 Å². The molecule has 1 fully saturated rings. The maximum atomic E-state index is 13.3. The zero-order valence-electron chi connectivity index (χ0n) is 18.3. The van der Waals surface area contributed by atoms with E-state index in [1.54, 1.807) is 0 Å². The third-order valence-electron chi connectivity index (χ3n) is 6.61. The number of carbonyl (C=O) groups excluding carboxylic acids is 1. The first kappa shape index (κ1) is 20.8. The molecule has 1 heterocycles. The van der Waals surface area contributed by atoms with Crippen LogP contribution in [-0.4, -0.2) is 40.3 Å². The summed E-state index contributed by atoms with van der Waals surface area (Å²) in [5, 5.41) is 5.48. The predicted octanol–water partition coefficient (Wildman–Crippen LogP) is 5.13. The average molecular weight is 414 g/mol. The van der Waals surface area contributed by atoms with Gasteiger partial charge in [0.2, 0.25) is 5.91 Å². The van der Waals surface area contributed by atoms with Gasteiger partial charge in [0.15, 0.2) is 0 Å². The van der Waals surface area contributed by atoms with Crippen LogP contribution in [0.3, 0.4) is 0 Å². The van der Waals surface area contributed by atoms with E-state index < -0.39 is 5.41 Å². The van der Waals surface area contributed by atoms with Crippen molar-refractivity contribution in [2.75, 3.05) is 18.4 Å². The number of benzene rings is 1. The summed E-state index contributed by atoms with van der Waals surface area (Å²) < 4.78 is 0. The lowest BCUT2D eigenvalue weighted by Crippen LogP contribution is -2.48. The van der Waals surface area contributed by atoms with Crippen LogP contribution in [0.5, 0.6) is 0 Å². The van der Waals surface area contributed by atoms with Crippen molar-refractivity contribution in [2.24, 2.45) is 5.41 Å². The Balaban J connectivity index is 1.46. The number of nitrogens with zero attached hydrogens (tertiary/aromatic N) is 2. The number of anilines is 1. The largest absolute Gasteiger partial charge is 0.352 e. The number of aryl methyl sites for hydroxylation is 1. The van der Waals surface area contributed by atoms with E-state index in [2.05, 4.69) is 66.6 Å². The summed E-state index contributed by atoms with van der Waals surface area (Å²) in [6.45, 7) is 10.4. The molecular formula is C24H35N3OS. The van der Waals surface area contributed by atoms with Crippen molar-refractivity contribution in [3.8, 4) is 0 Å². The second kappa shape index (κ2) is 8.35. The van der Waals surface area contributed by atoms with Gasteiger partial charge in [-0.3, -0.25) is 9.69 Å². The van der Waals surface area contributed by atoms with Gasteiger partial charge in [0.1, 0.15) is 5.50 Å². The van der Waals surface area contributed by atoms with Crippen molar-refractivity contribution in [1.82, 2.24) is 9.80 Å². The zero-order chi connectivity index (χ0) is 20.6. The first-order valence-electron chi connectivity index (χ1n) is 11.2. The van der Waals surface area contributed by atoms with Crippen LogP contribution in [0.2, 0.25) is 0 Å². The molecule has 4 rings (SSSR count). The minimum atomic E-state index is -0.469. The molecule has 1 amide bonds. The third kappa shape index (κ3) is 4.36. The summed E-state index contributed by atoms with van der Waals surface area (Å²) in [6.07, 6.45) is 9.47. The number of carbonyl (C=O) groups is 1. The molecule has 29 heavy (non-hydrogen) atoms. The molecule has 0 radical (unpaired) electrons. The monoisotopic (exact) mass is 413 g/mol. The van der Waals surface area contributed by atoms with Crippen LogP contribution in [0.4, 0.5) is 5.69 Å². The zero-order valence-corrected chi connectivity index (χ0v) is 19.1. The van der Waals surface area contributed by atoms with Crippen LogP contribution >= 0.6 is 11.8 Å². The SMILES string of the molecule is CCN(C1CC1)C1SC=CN1CC(C)(C)C(=O)Nc1ccc(C)c2c1CCCC2. The predicted molar refractivity (Wildman–Crippen MR) is 123 cm³/mol. The lowest BCUT2D eigenvalue weighted by atomic mass is 9.86. The molecule has 0 spiro atoms. The van der Waals surface area contributed by atoms with Crippen molar-refractivity contribution in [3.63, 3.8) is 0 Å². The number of thioether (sulfide) groups is 1. The van der Waals surface area contributed by atoms with Gasteiger partial charge in [-0.25, -0.2) is 0 Å². The second-order valence-corrected chi connectivity index (χ2v) is 10.4. The molecular weight excluding hydrogens is 378 g/mol. The van der Waals surface area contributed by atoms with Gasteiger partial charge in [0.05, 0.1) is 5.41 Å². The Morgan fingerprint density at radius 3 is 2.66 bits per heavy atom. The van der Waals surface area contributed by atoms with Crippen molar-refractivity contribution < 1.29 is 4.79 Å². The lowest BCUT2D eigenvalue weighted by Gasteiger charge is -2.38. The van der Waals surface area contributed by atoms with Gasteiger partial charge in [-0.15, -0.1) is 0 Å². The molecule has 5 heteroatoms. The Morgan fingerprint density at radius 2 is 1.97 bits per heavy atom. The summed E-state index contributed by atoms with van der Waals surface area (Å²) in [6, 6.07) is 4.99. The Hall–Kier alpha value is -1.46. The van der Waals surface area contributed by atoms with Gasteiger partial charge in [-0.2, -0.15) is 0 Å². The van der Waals surface area contributed by atoms with E-state index in [0.29, 0.717) is 5.50 Å². The molecule has 0 bridgehead atoms. The summed E-state index contributed by atoms with van der Waals surface area (Å²) in [7, 11) is 0. The van der Waals surface area contributed by atoms with E-state index in [-0.39, 0.29) is 5.91 Å². The van der Waals surface area contributed by atoms with Crippen LogP contribution in [0.15, 0.2) is 23.7 Å². The molecule has 1 unspecified atom stereocenters. The Kier molecular flexibility index (Phi) is 5.99. The Morgan fingerprint density at radius 1 is 1.24 bits per heavy atom. The quantitative estimate of drug-likeness (QED) is 0.672. The average Bonchev–Trinajstić information content (AvgIpc) is 3.45. The third-order valence-corrected chi connectivity index (χ3v) is 7.67. The van der Waals surface area contributed by atoms with Crippen molar-refractivity contribution >= 4 is 23.4 Å². The van der Waals surface area contributed by atoms with Gasteiger partial charge >= 0.3 is 0 Å². The van der Waals surface area contributed by atoms with E-state index in [1.165, 1.54) is 42.4 Å². The fourth-order valence-electron chi connectivity index (χ4n) is 4.72. The molecule has 0 saturated heterocycles. The Bertz CT molecular complexity index is 800. The molecule has 1 atom stereocenters. The highest BCUT2D eigenvalue weighted by atomic mass is 32.2. The highest BCUT2D eigenvalue weighted by molar-refractivity contribution is 8.02. The number of amides is 1. The van der Waals surface area contributed by atoms with Crippen LogP contribution in [0, 0.1) is 12.3 Å². The van der Waals surface area contributed by atoms with Gasteiger partial charge in [-0.05, 0) is 94.0 Å². The first-order chi connectivity index (χ1) is 13.9. The molecule has 0 aromatic heterocycles. The van der Waals surface area contributed by atoms with E-state index >= 15 is 0 Å². The van der Waals surface area contributed by atoms with E-state index in [4.69, 9.17) is 0 Å². The number of nitrogens with one attached hydrogen (secondary N) is 1. The van der Waals surface area contributed by atoms with Crippen LogP contribution in [-0.2, 0) is 17.6 Å². The molecule has 4 nitrogen and oxygen atoms in total. The maximum absolute atomic E-state index is 13.3. The normalized spacial score (nSPS) is 21.6. The number of fused-ring (bicyclic) bond motifs is 1. The molecule has 1 aliphatic heterocycles. The van der Waals surface area contributed by atoms with Gasteiger partial charge in [-0.1, -0.05) is 24.8 Å². The molecule has 1 N–H and O–H groups in total. The van der Waals surface area contributed by atoms with Gasteiger partial charge in [0, 0.05) is 24.5 Å². The summed E-state index contributed by atoms with van der Waals surface area (Å²) in [5.74, 6) is 0.118. The number of hydrogen-bond donors (Lipinski definition) is 1. The first-order valence-corrected chi connectivity index (χ1v) is 12.1. The lowest BCUT2D eigenvalue weighted by molar-refractivity contribution is -0.125. The van der Waals surface area contributed by atoms with Crippen molar-refractivity contribution in [2.45, 2.75) is 77.8 Å². The number of hydrogen-bond acceptors (Lipinski definition) is 4. The highest BCUT2D eigenvalue weighted by Gasteiger charge is 2.39. The fraction of sp³-hybridized carbons (Fsp3) is 0.625. The second-order valence-electron chi connectivity index (χ2n) is 9.41. The van der Waals surface area contributed by atoms with E-state index in [1.807, 2.05) is 11.8 Å². The van der Waals surface area contributed by atoms with E-state index in [0.717, 1.165) is 37.7 Å². The number of rotatable bonds is 7. The summed E-state index contributed by atoms with van der Waals surface area (Å²) >= 11 is 1.87. The molecule has 158 valence electrons. The molecule has 2 aliphatic carbocycles. The van der Waals surface area contributed by atoms with Crippen molar-refractivity contribution in [1.29, 1.82) is 0 Å². The van der Waals surface area contributed by atoms with Gasteiger partial charge in [0.25, 0.3) is 0 Å². The minimum Gasteiger partial charge on any atom is -0.352 e. The van der Waals surface area contributed by atoms with E-state index in [9.17, 15) is 4.79 Å². The molecule has 1 aromatic carbocycles. The summed E-state index contributed by atoms with van der Waals surface area (Å²) in [5.41, 5.74) is 5.06. The fourth-order valence-corrected chi connectivity index (χ4v) is 5.87.